The highest BCUT2D eigenvalue weighted by atomic mass is 35.5. The smallest absolute Gasteiger partial charge is 0.475 e. The summed E-state index contributed by atoms with van der Waals surface area (Å²) < 4.78 is 31.7. The van der Waals surface area contributed by atoms with Crippen molar-refractivity contribution in [3.8, 4) is 0 Å². The molecule has 0 aliphatic carbocycles. The van der Waals surface area contributed by atoms with Gasteiger partial charge in [-0.15, -0.1) is 0 Å². The van der Waals surface area contributed by atoms with Crippen LogP contribution in [0.3, 0.4) is 0 Å². The van der Waals surface area contributed by atoms with Crippen molar-refractivity contribution in [3.63, 3.8) is 0 Å². The fourth-order valence-electron chi connectivity index (χ4n) is 1.26. The lowest BCUT2D eigenvalue weighted by Crippen LogP contribution is -2.39. The molecule has 7 heteroatoms. The highest BCUT2D eigenvalue weighted by Gasteiger charge is 2.38. The molecule has 1 aliphatic heterocycles. The predicted molar refractivity (Wildman–Crippen MR) is 60.8 cm³/mol. The van der Waals surface area contributed by atoms with Gasteiger partial charge in [0.05, 0.1) is 0 Å². The molecule has 1 saturated heterocycles. The van der Waals surface area contributed by atoms with E-state index in [1.807, 2.05) is 12.1 Å². The summed E-state index contributed by atoms with van der Waals surface area (Å²) in [6.07, 6.45) is -5.08. The maximum atomic E-state index is 10.6. The largest absolute Gasteiger partial charge is 0.490 e. The van der Waals surface area contributed by atoms with Gasteiger partial charge < -0.3 is 10.4 Å². The van der Waals surface area contributed by atoms with E-state index in [-0.39, 0.29) is 0 Å². The van der Waals surface area contributed by atoms with Crippen molar-refractivity contribution in [1.29, 1.82) is 0 Å². The van der Waals surface area contributed by atoms with E-state index in [1.165, 1.54) is 5.56 Å². The minimum absolute atomic E-state index is 0.715. The third-order valence-corrected chi connectivity index (χ3v) is 2.62. The highest BCUT2D eigenvalue weighted by Crippen LogP contribution is 2.21. The lowest BCUT2D eigenvalue weighted by molar-refractivity contribution is -0.192. The van der Waals surface area contributed by atoms with E-state index in [9.17, 15) is 13.2 Å². The van der Waals surface area contributed by atoms with Crippen LogP contribution >= 0.6 is 11.6 Å². The van der Waals surface area contributed by atoms with Crippen LogP contribution in [0.2, 0.25) is 5.02 Å². The number of aliphatic carboxylic acids is 1. The highest BCUT2D eigenvalue weighted by molar-refractivity contribution is 6.30. The standard InChI is InChI=1S/C9H10ClN.C2HF3O2/c10-9-3-1-7(2-4-9)8-5-11-6-8;3-2(4,5)1(6)7/h1-4,8,11H,5-6H2;(H,6,7). The zero-order valence-electron chi connectivity index (χ0n) is 9.17. The zero-order valence-corrected chi connectivity index (χ0v) is 9.92. The van der Waals surface area contributed by atoms with Crippen molar-refractivity contribution in [2.75, 3.05) is 13.1 Å². The molecule has 0 aromatic heterocycles. The third-order valence-electron chi connectivity index (χ3n) is 2.37. The summed E-state index contributed by atoms with van der Waals surface area (Å²) in [6.45, 7) is 2.23. The molecule has 18 heavy (non-hydrogen) atoms. The average Bonchev–Trinajstić information content (AvgIpc) is 2.18. The number of alkyl halides is 3. The molecule has 0 atom stereocenters. The molecule has 1 fully saturated rings. The zero-order chi connectivity index (χ0) is 13.8. The van der Waals surface area contributed by atoms with Crippen LogP contribution in [-0.4, -0.2) is 30.3 Å². The van der Waals surface area contributed by atoms with E-state index in [2.05, 4.69) is 17.4 Å². The third kappa shape index (κ3) is 4.54. The Balaban J connectivity index is 0.000000203. The second kappa shape index (κ2) is 6.06. The predicted octanol–water partition coefficient (Wildman–Crippen LogP) is 2.66. The fraction of sp³-hybridized carbons (Fsp3) is 0.364. The van der Waals surface area contributed by atoms with Gasteiger partial charge in [-0.2, -0.15) is 13.2 Å². The molecule has 1 aromatic rings. The maximum Gasteiger partial charge on any atom is 0.490 e. The van der Waals surface area contributed by atoms with Crippen LogP contribution in [0.15, 0.2) is 24.3 Å². The molecule has 0 saturated carbocycles. The first-order valence-electron chi connectivity index (χ1n) is 5.07. The van der Waals surface area contributed by atoms with Gasteiger partial charge in [0.15, 0.2) is 0 Å². The van der Waals surface area contributed by atoms with Crippen molar-refractivity contribution < 1.29 is 23.1 Å². The Morgan fingerprint density at radius 1 is 1.28 bits per heavy atom. The molecule has 2 N–H and O–H groups in total. The van der Waals surface area contributed by atoms with Crippen molar-refractivity contribution in [1.82, 2.24) is 5.32 Å². The maximum absolute atomic E-state index is 10.6. The van der Waals surface area contributed by atoms with Gasteiger partial charge in [-0.3, -0.25) is 0 Å². The number of hydrogen-bond acceptors (Lipinski definition) is 2. The van der Waals surface area contributed by atoms with Crippen LogP contribution in [0.5, 0.6) is 0 Å². The van der Waals surface area contributed by atoms with E-state index in [4.69, 9.17) is 21.5 Å². The van der Waals surface area contributed by atoms with Crippen molar-refractivity contribution in [2.24, 2.45) is 0 Å². The van der Waals surface area contributed by atoms with E-state index in [0.717, 1.165) is 18.1 Å². The molecule has 0 spiro atoms. The molecule has 100 valence electrons. The molecule has 0 unspecified atom stereocenters. The summed E-state index contributed by atoms with van der Waals surface area (Å²) in [5, 5.41) is 11.2. The summed E-state index contributed by atoms with van der Waals surface area (Å²) in [6, 6.07) is 8.12. The molecule has 1 aliphatic rings. The lowest BCUT2D eigenvalue weighted by Gasteiger charge is -2.27. The molecule has 0 radical (unpaired) electrons. The van der Waals surface area contributed by atoms with Gasteiger partial charge in [0.25, 0.3) is 0 Å². The quantitative estimate of drug-likeness (QED) is 0.832. The van der Waals surface area contributed by atoms with Crippen LogP contribution < -0.4 is 5.32 Å². The molecule has 0 bridgehead atoms. The molecular weight excluding hydrogens is 271 g/mol. The summed E-state index contributed by atoms with van der Waals surface area (Å²) >= 11 is 5.76. The Hall–Kier alpha value is -1.27. The molecule has 3 nitrogen and oxygen atoms in total. The number of halogens is 4. The molecule has 0 amide bonds. The van der Waals surface area contributed by atoms with E-state index in [1.54, 1.807) is 0 Å². The van der Waals surface area contributed by atoms with E-state index < -0.39 is 12.1 Å². The first-order chi connectivity index (χ1) is 8.30. The molecule has 2 rings (SSSR count). The van der Waals surface area contributed by atoms with E-state index >= 15 is 0 Å². The van der Waals surface area contributed by atoms with Gasteiger partial charge >= 0.3 is 12.1 Å². The summed E-state index contributed by atoms with van der Waals surface area (Å²) in [5.74, 6) is -2.04. The molecular formula is C11H11ClF3NO2. The Morgan fingerprint density at radius 2 is 1.72 bits per heavy atom. The van der Waals surface area contributed by atoms with Crippen LogP contribution in [0.4, 0.5) is 13.2 Å². The number of benzene rings is 1. The van der Waals surface area contributed by atoms with Gasteiger partial charge in [-0.25, -0.2) is 4.79 Å². The number of carboxylic acid groups (broad SMARTS) is 1. The Morgan fingerprint density at radius 3 is 2.00 bits per heavy atom. The van der Waals surface area contributed by atoms with E-state index in [0.29, 0.717) is 5.92 Å². The Labute approximate surface area is 107 Å². The topological polar surface area (TPSA) is 49.3 Å². The van der Waals surface area contributed by atoms with Crippen molar-refractivity contribution >= 4 is 17.6 Å². The number of rotatable bonds is 1. The first kappa shape index (κ1) is 14.8. The lowest BCUT2D eigenvalue weighted by atomic mass is 9.94. The minimum atomic E-state index is -5.08. The van der Waals surface area contributed by atoms with Crippen molar-refractivity contribution in [2.45, 2.75) is 12.1 Å². The summed E-state index contributed by atoms with van der Waals surface area (Å²) in [5.41, 5.74) is 1.40. The van der Waals surface area contributed by atoms with Crippen LogP contribution in [0.1, 0.15) is 11.5 Å². The number of hydrogen-bond donors (Lipinski definition) is 2. The number of carboxylic acids is 1. The molecule has 1 aromatic carbocycles. The second-order valence-electron chi connectivity index (χ2n) is 3.71. The van der Waals surface area contributed by atoms with Gasteiger partial charge in [0, 0.05) is 24.0 Å². The monoisotopic (exact) mass is 281 g/mol. The van der Waals surface area contributed by atoms with Gasteiger partial charge in [0.2, 0.25) is 0 Å². The summed E-state index contributed by atoms with van der Waals surface area (Å²) in [4.78, 5) is 8.90. The number of nitrogens with one attached hydrogen (secondary N) is 1. The second-order valence-corrected chi connectivity index (χ2v) is 4.15. The fourth-order valence-corrected chi connectivity index (χ4v) is 1.39. The number of carbonyl (C=O) groups is 1. The Bertz CT molecular complexity index is 402. The SMILES string of the molecule is Clc1ccc(C2CNC2)cc1.O=C(O)C(F)(F)F. The van der Waals surface area contributed by atoms with Gasteiger partial charge in [-0.1, -0.05) is 23.7 Å². The van der Waals surface area contributed by atoms with Crippen LogP contribution in [-0.2, 0) is 4.79 Å². The minimum Gasteiger partial charge on any atom is -0.475 e. The normalized spacial score (nSPS) is 15.3. The molecule has 1 heterocycles. The van der Waals surface area contributed by atoms with Crippen LogP contribution in [0.25, 0.3) is 0 Å². The van der Waals surface area contributed by atoms with Gasteiger partial charge in [0.1, 0.15) is 0 Å². The van der Waals surface area contributed by atoms with Crippen LogP contribution in [0, 0.1) is 0 Å². The Kier molecular flexibility index (Phi) is 4.98. The summed E-state index contributed by atoms with van der Waals surface area (Å²) in [7, 11) is 0. The van der Waals surface area contributed by atoms with Gasteiger partial charge in [-0.05, 0) is 17.7 Å². The average molecular weight is 282 g/mol. The first-order valence-corrected chi connectivity index (χ1v) is 5.45. The van der Waals surface area contributed by atoms with Crippen molar-refractivity contribution in [3.05, 3.63) is 34.9 Å².